The van der Waals surface area contributed by atoms with Crippen molar-refractivity contribution in [2.75, 3.05) is 24.4 Å². The van der Waals surface area contributed by atoms with Gasteiger partial charge in [-0.2, -0.15) is 17.0 Å². The number of ether oxygens (including phenoxy) is 1. The quantitative estimate of drug-likeness (QED) is 0.731. The van der Waals surface area contributed by atoms with Gasteiger partial charge in [-0.1, -0.05) is 0 Å². The number of carbonyl (C=O) groups excluding carboxylic acids is 2. The molecular weight excluding hydrogens is 362 g/mol. The van der Waals surface area contributed by atoms with Crippen LogP contribution in [0.15, 0.2) is 48.5 Å². The zero-order chi connectivity index (χ0) is 19.6. The Morgan fingerprint density at radius 1 is 1.15 bits per heavy atom. The largest absolute Gasteiger partial charge is 0.497 e. The predicted octanol–water partition coefficient (Wildman–Crippen LogP) is 3.06. The molecule has 6 nitrogen and oxygen atoms in total. The first kappa shape index (κ1) is 20.3. The third-order valence-corrected chi connectivity index (χ3v) is 4.51. The van der Waals surface area contributed by atoms with Crippen molar-refractivity contribution in [2.24, 2.45) is 0 Å². The van der Waals surface area contributed by atoms with Gasteiger partial charge in [0.25, 0.3) is 5.91 Å². The van der Waals surface area contributed by atoms with Crippen molar-refractivity contribution in [3.8, 4) is 11.8 Å². The number of rotatable bonds is 8. The second-order valence-corrected chi connectivity index (χ2v) is 6.70. The third kappa shape index (κ3) is 6.04. The molecule has 0 radical (unpaired) electrons. The fraction of sp³-hybridized carbons (Fsp3) is 0.250. The number of carbonyl (C=O) groups is 2. The lowest BCUT2D eigenvalue weighted by Gasteiger charge is -2.18. The van der Waals surface area contributed by atoms with E-state index < -0.39 is 6.04 Å². The summed E-state index contributed by atoms with van der Waals surface area (Å²) in [4.78, 5) is 25.1. The number of hydrogen-bond donors (Lipinski definition) is 2. The fourth-order valence-corrected chi connectivity index (χ4v) is 2.82. The predicted molar refractivity (Wildman–Crippen MR) is 107 cm³/mol. The van der Waals surface area contributed by atoms with Gasteiger partial charge in [-0.05, 0) is 67.0 Å². The van der Waals surface area contributed by atoms with Crippen LogP contribution in [0.1, 0.15) is 22.3 Å². The second kappa shape index (κ2) is 10.2. The van der Waals surface area contributed by atoms with Gasteiger partial charge < -0.3 is 15.4 Å². The first-order valence-electron chi connectivity index (χ1n) is 8.32. The maximum absolute atomic E-state index is 12.6. The van der Waals surface area contributed by atoms with E-state index in [9.17, 15) is 9.59 Å². The molecule has 2 amide bonds. The summed E-state index contributed by atoms with van der Waals surface area (Å²) in [6, 6.07) is 14.6. The van der Waals surface area contributed by atoms with Gasteiger partial charge in [-0.15, -0.1) is 0 Å². The number of nitrogens with one attached hydrogen (secondary N) is 2. The Balaban J connectivity index is 2.06. The molecule has 0 aliphatic rings. The van der Waals surface area contributed by atoms with E-state index >= 15 is 0 Å². The number of hydrogen-bond acceptors (Lipinski definition) is 5. The number of thioether (sulfide) groups is 1. The lowest BCUT2D eigenvalue weighted by atomic mass is 10.1. The minimum Gasteiger partial charge on any atom is -0.497 e. The summed E-state index contributed by atoms with van der Waals surface area (Å²) in [5.74, 6) is 0.771. The maximum Gasteiger partial charge on any atom is 0.251 e. The Morgan fingerprint density at radius 2 is 1.81 bits per heavy atom. The number of anilines is 1. The topological polar surface area (TPSA) is 91.2 Å². The van der Waals surface area contributed by atoms with Gasteiger partial charge in [-0.3, -0.25) is 9.59 Å². The van der Waals surface area contributed by atoms with Crippen LogP contribution in [0.3, 0.4) is 0 Å². The highest BCUT2D eigenvalue weighted by atomic mass is 32.2. The molecule has 7 heteroatoms. The molecule has 0 bridgehead atoms. The van der Waals surface area contributed by atoms with E-state index in [0.29, 0.717) is 29.0 Å². The highest BCUT2D eigenvalue weighted by Crippen LogP contribution is 2.13. The molecule has 1 atom stereocenters. The normalized spacial score (nSPS) is 11.1. The lowest BCUT2D eigenvalue weighted by Crippen LogP contribution is -2.44. The summed E-state index contributed by atoms with van der Waals surface area (Å²) < 4.78 is 5.09. The maximum atomic E-state index is 12.6. The molecule has 0 heterocycles. The second-order valence-electron chi connectivity index (χ2n) is 5.71. The highest BCUT2D eigenvalue weighted by Gasteiger charge is 2.21. The molecule has 27 heavy (non-hydrogen) atoms. The minimum absolute atomic E-state index is 0.296. The minimum atomic E-state index is -0.664. The zero-order valence-corrected chi connectivity index (χ0v) is 16.0. The summed E-state index contributed by atoms with van der Waals surface area (Å²) in [7, 11) is 1.56. The molecule has 0 spiro atoms. The summed E-state index contributed by atoms with van der Waals surface area (Å²) in [5, 5.41) is 14.4. The fourth-order valence-electron chi connectivity index (χ4n) is 2.35. The molecule has 2 rings (SSSR count). The van der Waals surface area contributed by atoms with Crippen LogP contribution in [-0.4, -0.2) is 37.0 Å². The summed E-state index contributed by atoms with van der Waals surface area (Å²) in [6.07, 6.45) is 2.45. The summed E-state index contributed by atoms with van der Waals surface area (Å²) >= 11 is 1.60. The average Bonchev–Trinajstić information content (AvgIpc) is 2.71. The Labute approximate surface area is 162 Å². The molecular formula is C20H21N3O3S. The van der Waals surface area contributed by atoms with Crippen molar-refractivity contribution < 1.29 is 14.3 Å². The van der Waals surface area contributed by atoms with Crippen molar-refractivity contribution >= 4 is 29.3 Å². The van der Waals surface area contributed by atoms with Crippen molar-refractivity contribution in [1.82, 2.24) is 5.32 Å². The number of nitriles is 1. The first-order chi connectivity index (χ1) is 13.1. The number of methoxy groups -OCH3 is 1. The van der Waals surface area contributed by atoms with Gasteiger partial charge in [0.15, 0.2) is 0 Å². The molecule has 0 fully saturated rings. The SMILES string of the molecule is COc1ccc(C(=O)NC(CCSC)C(=O)Nc2ccc(C#N)cc2)cc1. The smallest absolute Gasteiger partial charge is 0.251 e. The Bertz CT molecular complexity index is 814. The van der Waals surface area contributed by atoms with Crippen LogP contribution >= 0.6 is 11.8 Å². The lowest BCUT2D eigenvalue weighted by molar-refractivity contribution is -0.118. The molecule has 2 aromatic rings. The van der Waals surface area contributed by atoms with E-state index in [1.54, 1.807) is 67.4 Å². The van der Waals surface area contributed by atoms with Crippen LogP contribution in [0, 0.1) is 11.3 Å². The Kier molecular flexibility index (Phi) is 7.71. The van der Waals surface area contributed by atoms with Crippen molar-refractivity contribution in [1.29, 1.82) is 5.26 Å². The molecule has 0 aliphatic carbocycles. The Hall–Kier alpha value is -2.98. The molecule has 0 saturated carbocycles. The van der Waals surface area contributed by atoms with Crippen molar-refractivity contribution in [3.05, 3.63) is 59.7 Å². The highest BCUT2D eigenvalue weighted by molar-refractivity contribution is 7.98. The molecule has 0 aliphatic heterocycles. The first-order valence-corrected chi connectivity index (χ1v) is 9.71. The van der Waals surface area contributed by atoms with Crippen LogP contribution in [0.5, 0.6) is 5.75 Å². The van der Waals surface area contributed by atoms with Crippen LogP contribution in [0.25, 0.3) is 0 Å². The molecule has 2 N–H and O–H groups in total. The Morgan fingerprint density at radius 3 is 2.37 bits per heavy atom. The van der Waals surface area contributed by atoms with Gasteiger partial charge >= 0.3 is 0 Å². The number of nitrogens with zero attached hydrogens (tertiary/aromatic N) is 1. The van der Waals surface area contributed by atoms with E-state index in [-0.39, 0.29) is 11.8 Å². The summed E-state index contributed by atoms with van der Waals surface area (Å²) in [5.41, 5.74) is 1.54. The van der Waals surface area contributed by atoms with Gasteiger partial charge in [-0.25, -0.2) is 0 Å². The van der Waals surface area contributed by atoms with E-state index in [1.165, 1.54) is 0 Å². The van der Waals surface area contributed by atoms with E-state index in [4.69, 9.17) is 10.00 Å². The van der Waals surface area contributed by atoms with Crippen LogP contribution < -0.4 is 15.4 Å². The number of amides is 2. The number of benzene rings is 2. The monoisotopic (exact) mass is 383 g/mol. The van der Waals surface area contributed by atoms with E-state index in [1.807, 2.05) is 12.3 Å². The molecule has 0 aromatic heterocycles. The van der Waals surface area contributed by atoms with Crippen LogP contribution in [0.4, 0.5) is 5.69 Å². The van der Waals surface area contributed by atoms with Gasteiger partial charge in [0.05, 0.1) is 18.7 Å². The van der Waals surface area contributed by atoms with E-state index in [2.05, 4.69) is 10.6 Å². The zero-order valence-electron chi connectivity index (χ0n) is 15.2. The van der Waals surface area contributed by atoms with Crippen LogP contribution in [0.2, 0.25) is 0 Å². The van der Waals surface area contributed by atoms with Gasteiger partial charge in [0.1, 0.15) is 11.8 Å². The van der Waals surface area contributed by atoms with Crippen molar-refractivity contribution in [2.45, 2.75) is 12.5 Å². The van der Waals surface area contributed by atoms with Crippen molar-refractivity contribution in [3.63, 3.8) is 0 Å². The average molecular weight is 383 g/mol. The van der Waals surface area contributed by atoms with E-state index in [0.717, 1.165) is 5.75 Å². The molecule has 140 valence electrons. The van der Waals surface area contributed by atoms with Gasteiger partial charge in [0.2, 0.25) is 5.91 Å². The summed E-state index contributed by atoms with van der Waals surface area (Å²) in [6.45, 7) is 0. The molecule has 0 saturated heterocycles. The molecule has 2 aromatic carbocycles. The standard InChI is InChI=1S/C20H21N3O3S/c1-26-17-9-5-15(6-10-17)19(24)23-18(11-12-27-2)20(25)22-16-7-3-14(13-21)4-8-16/h3-10,18H,11-12H2,1-2H3,(H,22,25)(H,23,24). The van der Waals surface area contributed by atoms with Crippen LogP contribution in [-0.2, 0) is 4.79 Å². The molecule has 1 unspecified atom stereocenters. The van der Waals surface area contributed by atoms with Gasteiger partial charge in [0, 0.05) is 11.3 Å². The third-order valence-electron chi connectivity index (χ3n) is 3.87.